The third-order valence-corrected chi connectivity index (χ3v) is 7.27. The number of nitrogens with one attached hydrogen (secondary N) is 1. The van der Waals surface area contributed by atoms with Crippen LogP contribution in [-0.2, 0) is 11.0 Å². The number of anilines is 2. The van der Waals surface area contributed by atoms with Crippen LogP contribution in [0.2, 0.25) is 0 Å². The predicted molar refractivity (Wildman–Crippen MR) is 140 cm³/mol. The largest absolute Gasteiger partial charge is 0.416 e. The molecule has 198 valence electrons. The Balaban J connectivity index is 1.65. The van der Waals surface area contributed by atoms with Crippen molar-refractivity contribution >= 4 is 28.3 Å². The van der Waals surface area contributed by atoms with E-state index in [1.165, 1.54) is 5.56 Å². The number of benzene rings is 2. The van der Waals surface area contributed by atoms with E-state index < -0.39 is 17.8 Å². The summed E-state index contributed by atoms with van der Waals surface area (Å²) >= 11 is 0. The molecule has 4 rings (SSSR count). The van der Waals surface area contributed by atoms with Crippen molar-refractivity contribution in [1.82, 2.24) is 14.9 Å². The number of fused-ring (bicyclic) bond motifs is 1. The predicted octanol–water partition coefficient (Wildman–Crippen LogP) is 6.38. The highest BCUT2D eigenvalue weighted by molar-refractivity contribution is 5.92. The SMILES string of the molecule is Cc1nc(N[C@H](C)c2cc(N)cc(C(F)(F)F)c2)c2cc([C@H]3CC[C@H](C(=O)N(C)C)CC3)cc(C)c2n1. The highest BCUT2D eigenvalue weighted by atomic mass is 19.4. The summed E-state index contributed by atoms with van der Waals surface area (Å²) in [5.41, 5.74) is 8.50. The molecule has 0 aliphatic heterocycles. The number of aromatic nitrogens is 2. The van der Waals surface area contributed by atoms with Crippen molar-refractivity contribution in [3.05, 3.63) is 58.4 Å². The van der Waals surface area contributed by atoms with Gasteiger partial charge in [-0.2, -0.15) is 13.2 Å². The second-order valence-electron chi connectivity index (χ2n) is 10.4. The maximum absolute atomic E-state index is 13.4. The molecule has 1 fully saturated rings. The number of amides is 1. The van der Waals surface area contributed by atoms with E-state index in [-0.39, 0.29) is 17.5 Å². The first-order valence-corrected chi connectivity index (χ1v) is 12.6. The van der Waals surface area contributed by atoms with Crippen LogP contribution >= 0.6 is 0 Å². The van der Waals surface area contributed by atoms with E-state index >= 15 is 0 Å². The van der Waals surface area contributed by atoms with Gasteiger partial charge in [0.25, 0.3) is 0 Å². The smallest absolute Gasteiger partial charge is 0.399 e. The summed E-state index contributed by atoms with van der Waals surface area (Å²) in [6, 6.07) is 7.39. The van der Waals surface area contributed by atoms with E-state index in [0.717, 1.165) is 54.3 Å². The number of rotatable bonds is 5. The second kappa shape index (κ2) is 10.2. The second-order valence-corrected chi connectivity index (χ2v) is 10.4. The zero-order valence-corrected chi connectivity index (χ0v) is 21.9. The molecule has 3 aromatic rings. The number of hydrogen-bond acceptors (Lipinski definition) is 5. The Kier molecular flexibility index (Phi) is 7.35. The summed E-state index contributed by atoms with van der Waals surface area (Å²) in [6.45, 7) is 5.60. The molecule has 1 atom stereocenters. The van der Waals surface area contributed by atoms with Gasteiger partial charge in [0, 0.05) is 31.1 Å². The molecule has 0 unspecified atom stereocenters. The van der Waals surface area contributed by atoms with E-state index in [1.54, 1.807) is 38.9 Å². The highest BCUT2D eigenvalue weighted by Gasteiger charge is 2.32. The quantitative estimate of drug-likeness (QED) is 0.387. The molecule has 0 radical (unpaired) electrons. The van der Waals surface area contributed by atoms with Gasteiger partial charge in [-0.25, -0.2) is 9.97 Å². The Labute approximate surface area is 215 Å². The number of carbonyl (C=O) groups is 1. The first-order valence-electron chi connectivity index (χ1n) is 12.6. The van der Waals surface area contributed by atoms with E-state index in [4.69, 9.17) is 5.73 Å². The van der Waals surface area contributed by atoms with Crippen molar-refractivity contribution < 1.29 is 18.0 Å². The normalized spacial score (nSPS) is 19.0. The summed E-state index contributed by atoms with van der Waals surface area (Å²) in [5, 5.41) is 4.15. The lowest BCUT2D eigenvalue weighted by Crippen LogP contribution is -2.32. The fraction of sp³-hybridized carbons (Fsp3) is 0.464. The lowest BCUT2D eigenvalue weighted by Gasteiger charge is -2.30. The summed E-state index contributed by atoms with van der Waals surface area (Å²) in [7, 11) is 3.60. The van der Waals surface area contributed by atoms with Gasteiger partial charge in [-0.05, 0) is 93.3 Å². The van der Waals surface area contributed by atoms with Crippen molar-refractivity contribution in [2.75, 3.05) is 25.1 Å². The third kappa shape index (κ3) is 5.81. The minimum absolute atomic E-state index is 0.0590. The summed E-state index contributed by atoms with van der Waals surface area (Å²) in [4.78, 5) is 23.3. The van der Waals surface area contributed by atoms with Gasteiger partial charge >= 0.3 is 6.18 Å². The molecule has 6 nitrogen and oxygen atoms in total. The van der Waals surface area contributed by atoms with Crippen LogP contribution in [0.3, 0.4) is 0 Å². The third-order valence-electron chi connectivity index (χ3n) is 7.27. The Morgan fingerprint density at radius 3 is 2.35 bits per heavy atom. The van der Waals surface area contributed by atoms with Gasteiger partial charge in [0.1, 0.15) is 11.6 Å². The number of aryl methyl sites for hydroxylation is 2. The van der Waals surface area contributed by atoms with E-state index in [2.05, 4.69) is 27.4 Å². The van der Waals surface area contributed by atoms with Crippen LogP contribution in [0.4, 0.5) is 24.7 Å². The van der Waals surface area contributed by atoms with Crippen molar-refractivity contribution in [2.45, 2.75) is 64.6 Å². The molecule has 0 spiro atoms. The average molecular weight is 514 g/mol. The van der Waals surface area contributed by atoms with Crippen molar-refractivity contribution in [3.8, 4) is 0 Å². The molecule has 3 N–H and O–H groups in total. The Bertz CT molecular complexity index is 1310. The molecule has 9 heteroatoms. The zero-order valence-electron chi connectivity index (χ0n) is 21.9. The first kappa shape index (κ1) is 26.7. The van der Waals surface area contributed by atoms with Crippen LogP contribution in [0.25, 0.3) is 10.9 Å². The van der Waals surface area contributed by atoms with Gasteiger partial charge in [0.05, 0.1) is 17.1 Å². The van der Waals surface area contributed by atoms with Crippen LogP contribution in [0.5, 0.6) is 0 Å². The number of halogens is 3. The molecule has 2 aromatic carbocycles. The Morgan fingerprint density at radius 1 is 1.05 bits per heavy atom. The number of hydrogen-bond donors (Lipinski definition) is 2. The van der Waals surface area contributed by atoms with Gasteiger partial charge < -0.3 is 16.0 Å². The standard InChI is InChI=1S/C28H34F3N5O/c1-15-10-21(18-6-8-19(9-7-18)27(37)36(4)5)13-24-25(15)34-17(3)35-26(24)33-16(2)20-11-22(28(29,30)31)14-23(32)12-20/h10-14,16,18-19H,6-9,32H2,1-5H3,(H,33,34,35)/t16-,18-,19-/m1/s1. The van der Waals surface area contributed by atoms with E-state index in [0.29, 0.717) is 23.1 Å². The van der Waals surface area contributed by atoms with Gasteiger partial charge in [-0.3, -0.25) is 4.79 Å². The summed E-state index contributed by atoms with van der Waals surface area (Å²) in [5.74, 6) is 1.73. The van der Waals surface area contributed by atoms with E-state index in [9.17, 15) is 18.0 Å². The maximum Gasteiger partial charge on any atom is 0.416 e. The van der Waals surface area contributed by atoms with Crippen LogP contribution in [0.1, 0.15) is 72.6 Å². The Hall–Kier alpha value is -3.36. The zero-order chi connectivity index (χ0) is 27.1. The van der Waals surface area contributed by atoms with Crippen LogP contribution in [-0.4, -0.2) is 34.9 Å². The summed E-state index contributed by atoms with van der Waals surface area (Å²) < 4.78 is 40.1. The molecule has 0 bridgehead atoms. The molecule has 1 aromatic heterocycles. The van der Waals surface area contributed by atoms with Crippen molar-refractivity contribution in [3.63, 3.8) is 0 Å². The Morgan fingerprint density at radius 2 is 1.73 bits per heavy atom. The van der Waals surface area contributed by atoms with Gasteiger partial charge in [-0.1, -0.05) is 6.07 Å². The number of alkyl halides is 3. The first-order chi connectivity index (χ1) is 17.3. The number of carbonyl (C=O) groups excluding carboxylic acids is 1. The molecule has 1 amide bonds. The topological polar surface area (TPSA) is 84.1 Å². The number of nitrogens with two attached hydrogens (primary N) is 1. The fourth-order valence-electron chi connectivity index (χ4n) is 5.31. The highest BCUT2D eigenvalue weighted by Crippen LogP contribution is 2.39. The fourth-order valence-corrected chi connectivity index (χ4v) is 5.31. The molecule has 37 heavy (non-hydrogen) atoms. The molecule has 0 saturated heterocycles. The van der Waals surface area contributed by atoms with Crippen molar-refractivity contribution in [1.29, 1.82) is 0 Å². The minimum Gasteiger partial charge on any atom is -0.399 e. The van der Waals surface area contributed by atoms with Crippen LogP contribution in [0.15, 0.2) is 30.3 Å². The lowest BCUT2D eigenvalue weighted by molar-refractivity contribution is -0.137. The van der Waals surface area contributed by atoms with Crippen LogP contribution in [0, 0.1) is 19.8 Å². The molecule has 1 aliphatic carbocycles. The van der Waals surface area contributed by atoms with Gasteiger partial charge in [-0.15, -0.1) is 0 Å². The lowest BCUT2D eigenvalue weighted by atomic mass is 9.77. The average Bonchev–Trinajstić information content (AvgIpc) is 2.83. The number of nitrogen functional groups attached to an aromatic ring is 1. The molecule has 1 aliphatic rings. The van der Waals surface area contributed by atoms with E-state index in [1.807, 2.05) is 6.92 Å². The van der Waals surface area contributed by atoms with Crippen molar-refractivity contribution in [2.24, 2.45) is 5.92 Å². The minimum atomic E-state index is -4.48. The molecule has 1 saturated carbocycles. The maximum atomic E-state index is 13.4. The monoisotopic (exact) mass is 513 g/mol. The molecule has 1 heterocycles. The van der Waals surface area contributed by atoms with Gasteiger partial charge in [0.15, 0.2) is 0 Å². The van der Waals surface area contributed by atoms with Gasteiger partial charge in [0.2, 0.25) is 5.91 Å². The molecular formula is C28H34F3N5O. The summed E-state index contributed by atoms with van der Waals surface area (Å²) in [6.07, 6.45) is -0.941. The number of nitrogens with zero attached hydrogens (tertiary/aromatic N) is 3. The molecular weight excluding hydrogens is 479 g/mol. The van der Waals surface area contributed by atoms with Crippen LogP contribution < -0.4 is 11.1 Å².